The monoisotopic (exact) mass is 161 g/mol. The molecule has 3 nitrogen and oxygen atoms in total. The molecule has 1 N–H and O–H groups in total. The van der Waals surface area contributed by atoms with Gasteiger partial charge in [0.1, 0.15) is 0 Å². The smallest absolute Gasteiger partial charge is 0.228 e. The van der Waals surface area contributed by atoms with Crippen LogP contribution in [0.3, 0.4) is 0 Å². The van der Waals surface area contributed by atoms with Crippen LogP contribution in [-0.2, 0) is 11.2 Å². The number of anilines is 1. The Hall–Kier alpha value is -1.64. The van der Waals surface area contributed by atoms with Gasteiger partial charge in [0.25, 0.3) is 0 Å². The number of benzene rings is 1. The molecule has 3 heteroatoms. The first kappa shape index (κ1) is 7.03. The first-order valence-electron chi connectivity index (χ1n) is 3.68. The average molecular weight is 161 g/mol. The number of amides is 1. The molecule has 0 fully saturated rings. The molecule has 1 aromatic rings. The molecule has 1 aliphatic heterocycles. The molecular formula is C9H7NO2. The second-order valence-electron chi connectivity index (χ2n) is 2.72. The highest BCUT2D eigenvalue weighted by Gasteiger charge is 2.19. The van der Waals surface area contributed by atoms with Crippen LogP contribution in [0.2, 0.25) is 0 Å². The number of nitrogens with one attached hydrogen (secondary N) is 1. The number of fused-ring (bicyclic) bond motifs is 1. The van der Waals surface area contributed by atoms with Crippen molar-refractivity contribution in [2.45, 2.75) is 6.42 Å². The Kier molecular flexibility index (Phi) is 1.43. The number of rotatable bonds is 1. The van der Waals surface area contributed by atoms with Crippen LogP contribution in [0.1, 0.15) is 15.9 Å². The van der Waals surface area contributed by atoms with Gasteiger partial charge in [-0.25, -0.2) is 0 Å². The van der Waals surface area contributed by atoms with Crippen molar-refractivity contribution in [1.82, 2.24) is 0 Å². The van der Waals surface area contributed by atoms with Crippen molar-refractivity contribution in [3.63, 3.8) is 0 Å². The standard InChI is InChI=1S/C9H7NO2/c11-5-7-3-1-2-6-4-8(12)10-9(6)7/h1-3,5H,4H2,(H,10,12). The van der Waals surface area contributed by atoms with E-state index in [1.165, 1.54) is 0 Å². The van der Waals surface area contributed by atoms with Gasteiger partial charge in [0.15, 0.2) is 6.29 Å². The maximum Gasteiger partial charge on any atom is 0.228 e. The van der Waals surface area contributed by atoms with Crippen LogP contribution in [0.4, 0.5) is 5.69 Å². The maximum absolute atomic E-state index is 10.9. The number of carbonyl (C=O) groups is 2. The second kappa shape index (κ2) is 2.44. The first-order chi connectivity index (χ1) is 5.81. The molecule has 0 aliphatic carbocycles. The van der Waals surface area contributed by atoms with Crippen molar-refractivity contribution in [2.24, 2.45) is 0 Å². The summed E-state index contributed by atoms with van der Waals surface area (Å²) >= 11 is 0. The van der Waals surface area contributed by atoms with Gasteiger partial charge in [0.05, 0.1) is 12.1 Å². The molecule has 0 bridgehead atoms. The van der Waals surface area contributed by atoms with Crippen LogP contribution in [0, 0.1) is 0 Å². The first-order valence-corrected chi connectivity index (χ1v) is 3.68. The number of carbonyl (C=O) groups excluding carboxylic acids is 2. The van der Waals surface area contributed by atoms with E-state index in [-0.39, 0.29) is 5.91 Å². The molecule has 0 saturated carbocycles. The molecule has 1 amide bonds. The number of hydrogen-bond acceptors (Lipinski definition) is 2. The summed E-state index contributed by atoms with van der Waals surface area (Å²) < 4.78 is 0. The van der Waals surface area contributed by atoms with Gasteiger partial charge in [-0.3, -0.25) is 9.59 Å². The van der Waals surface area contributed by atoms with Crippen LogP contribution in [0.15, 0.2) is 18.2 Å². The summed E-state index contributed by atoms with van der Waals surface area (Å²) in [6.45, 7) is 0. The van der Waals surface area contributed by atoms with E-state index in [0.717, 1.165) is 11.8 Å². The van der Waals surface area contributed by atoms with Gasteiger partial charge >= 0.3 is 0 Å². The summed E-state index contributed by atoms with van der Waals surface area (Å²) in [7, 11) is 0. The average Bonchev–Trinajstić information content (AvgIpc) is 2.44. The molecule has 0 atom stereocenters. The van der Waals surface area contributed by atoms with Crippen LogP contribution in [0.25, 0.3) is 0 Å². The highest BCUT2D eigenvalue weighted by Crippen LogP contribution is 2.25. The maximum atomic E-state index is 10.9. The molecule has 60 valence electrons. The molecule has 0 spiro atoms. The van der Waals surface area contributed by atoms with Crippen molar-refractivity contribution in [1.29, 1.82) is 0 Å². The largest absolute Gasteiger partial charge is 0.325 e. The Morgan fingerprint density at radius 2 is 2.25 bits per heavy atom. The Morgan fingerprint density at radius 1 is 1.42 bits per heavy atom. The molecular weight excluding hydrogens is 154 g/mol. The zero-order chi connectivity index (χ0) is 8.55. The van der Waals surface area contributed by atoms with Crippen molar-refractivity contribution >= 4 is 17.9 Å². The minimum Gasteiger partial charge on any atom is -0.325 e. The molecule has 0 aromatic heterocycles. The Labute approximate surface area is 69.4 Å². The SMILES string of the molecule is O=Cc1cccc2c1NC(=O)C2. The van der Waals surface area contributed by atoms with Gasteiger partial charge in [0, 0.05) is 5.56 Å². The summed E-state index contributed by atoms with van der Waals surface area (Å²) in [6.07, 6.45) is 1.14. The van der Waals surface area contributed by atoms with Crippen LogP contribution in [0.5, 0.6) is 0 Å². The van der Waals surface area contributed by atoms with Gasteiger partial charge in [-0.2, -0.15) is 0 Å². The fraction of sp³-hybridized carbons (Fsp3) is 0.111. The Bertz CT molecular complexity index is 358. The van der Waals surface area contributed by atoms with E-state index < -0.39 is 0 Å². The molecule has 1 aliphatic rings. The minimum absolute atomic E-state index is 0.0423. The third-order valence-electron chi connectivity index (χ3n) is 1.93. The van der Waals surface area contributed by atoms with Crippen molar-refractivity contribution in [2.75, 3.05) is 5.32 Å². The summed E-state index contributed by atoms with van der Waals surface area (Å²) in [4.78, 5) is 21.5. The fourth-order valence-electron chi connectivity index (χ4n) is 1.37. The summed E-state index contributed by atoms with van der Waals surface area (Å²) in [5, 5.41) is 2.65. The van der Waals surface area contributed by atoms with Crippen molar-refractivity contribution < 1.29 is 9.59 Å². The Morgan fingerprint density at radius 3 is 3.00 bits per heavy atom. The Balaban J connectivity index is 2.58. The van der Waals surface area contributed by atoms with E-state index >= 15 is 0 Å². The van der Waals surface area contributed by atoms with E-state index in [4.69, 9.17) is 0 Å². The van der Waals surface area contributed by atoms with Gasteiger partial charge in [0.2, 0.25) is 5.91 Å². The van der Waals surface area contributed by atoms with Crippen LogP contribution >= 0.6 is 0 Å². The molecule has 0 radical (unpaired) electrons. The summed E-state index contributed by atoms with van der Waals surface area (Å²) in [6, 6.07) is 5.32. The van der Waals surface area contributed by atoms with E-state index in [1.807, 2.05) is 6.07 Å². The van der Waals surface area contributed by atoms with Gasteiger partial charge in [-0.1, -0.05) is 12.1 Å². The minimum atomic E-state index is -0.0423. The van der Waals surface area contributed by atoms with Crippen molar-refractivity contribution in [3.05, 3.63) is 29.3 Å². The lowest BCUT2D eigenvalue weighted by Crippen LogP contribution is -2.04. The normalized spacial score (nSPS) is 13.8. The second-order valence-corrected chi connectivity index (χ2v) is 2.72. The van der Waals surface area contributed by atoms with E-state index in [9.17, 15) is 9.59 Å². The quantitative estimate of drug-likeness (QED) is 0.624. The highest BCUT2D eigenvalue weighted by molar-refractivity contribution is 6.03. The van der Waals surface area contributed by atoms with E-state index in [0.29, 0.717) is 17.7 Å². The molecule has 1 heterocycles. The predicted molar refractivity (Wildman–Crippen MR) is 44.2 cm³/mol. The fourth-order valence-corrected chi connectivity index (χ4v) is 1.37. The van der Waals surface area contributed by atoms with Crippen LogP contribution < -0.4 is 5.32 Å². The lowest BCUT2D eigenvalue weighted by atomic mass is 10.1. The van der Waals surface area contributed by atoms with Gasteiger partial charge in [-0.05, 0) is 11.6 Å². The summed E-state index contributed by atoms with van der Waals surface area (Å²) in [5.74, 6) is -0.0423. The molecule has 1 aromatic carbocycles. The highest BCUT2D eigenvalue weighted by atomic mass is 16.1. The molecule has 2 rings (SSSR count). The predicted octanol–water partition coefficient (Wildman–Crippen LogP) is 0.994. The van der Waals surface area contributed by atoms with E-state index in [2.05, 4.69) is 5.32 Å². The number of hydrogen-bond donors (Lipinski definition) is 1. The van der Waals surface area contributed by atoms with Crippen LogP contribution in [-0.4, -0.2) is 12.2 Å². The van der Waals surface area contributed by atoms with Gasteiger partial charge in [-0.15, -0.1) is 0 Å². The topological polar surface area (TPSA) is 46.2 Å². The van der Waals surface area contributed by atoms with E-state index in [1.54, 1.807) is 12.1 Å². The third kappa shape index (κ3) is 0.906. The zero-order valence-corrected chi connectivity index (χ0v) is 6.33. The lowest BCUT2D eigenvalue weighted by molar-refractivity contribution is -0.115. The van der Waals surface area contributed by atoms with Crippen molar-refractivity contribution in [3.8, 4) is 0 Å². The summed E-state index contributed by atoms with van der Waals surface area (Å²) in [5.41, 5.74) is 2.14. The lowest BCUT2D eigenvalue weighted by Gasteiger charge is -1.99. The third-order valence-corrected chi connectivity index (χ3v) is 1.93. The van der Waals surface area contributed by atoms with Gasteiger partial charge < -0.3 is 5.32 Å². The molecule has 12 heavy (non-hydrogen) atoms. The molecule has 0 saturated heterocycles. The number of aldehydes is 1. The zero-order valence-electron chi connectivity index (χ0n) is 6.33. The number of para-hydroxylation sites is 1. The molecule has 0 unspecified atom stereocenters.